The highest BCUT2D eigenvalue weighted by molar-refractivity contribution is 5.72. The number of carbonyl (C=O) groups excluding carboxylic acids is 3. The van der Waals surface area contributed by atoms with Gasteiger partial charge in [-0.2, -0.15) is 0 Å². The molecule has 2 amide bonds. The summed E-state index contributed by atoms with van der Waals surface area (Å²) in [6.45, 7) is 10.3. The average molecular weight is 429 g/mol. The maximum absolute atomic E-state index is 12.4. The molecule has 0 spiro atoms. The molecule has 0 aliphatic rings. The number of rotatable bonds is 7. The molecule has 0 unspecified atom stereocenters. The van der Waals surface area contributed by atoms with E-state index in [2.05, 4.69) is 5.32 Å². The predicted molar refractivity (Wildman–Crippen MR) is 106 cm³/mol. The topological polar surface area (TPSA) is 140 Å². The number of hydrogen-bond acceptors (Lipinski definition) is 8. The van der Waals surface area contributed by atoms with Gasteiger partial charge in [0.1, 0.15) is 11.2 Å². The van der Waals surface area contributed by atoms with Gasteiger partial charge in [-0.3, -0.25) is 0 Å². The van der Waals surface area contributed by atoms with Gasteiger partial charge >= 0.3 is 18.2 Å². The molecule has 11 nitrogen and oxygen atoms in total. The minimum Gasteiger partial charge on any atom is -0.492 e. The number of aromatic hydroxyl groups is 2. The lowest BCUT2D eigenvalue weighted by Crippen LogP contribution is -2.43. The quantitative estimate of drug-likeness (QED) is 0.598. The fourth-order valence-electron chi connectivity index (χ4n) is 2.10. The summed E-state index contributed by atoms with van der Waals surface area (Å²) in [5.74, 6) is -1.71. The highest BCUT2D eigenvalue weighted by Crippen LogP contribution is 2.19. The molecule has 11 heteroatoms. The molecule has 0 saturated carbocycles. The largest absolute Gasteiger partial charge is 0.492 e. The molecule has 1 aromatic rings. The Balaban J connectivity index is 2.65. The van der Waals surface area contributed by atoms with Crippen LogP contribution < -0.4 is 10.2 Å². The molecule has 0 atom stereocenters. The fraction of sp³-hybridized carbons (Fsp3) is 0.632. The van der Waals surface area contributed by atoms with Crippen molar-refractivity contribution in [2.24, 2.45) is 0 Å². The minimum atomic E-state index is -0.800. The Kier molecular flexibility index (Phi) is 8.38. The van der Waals surface area contributed by atoms with Crippen LogP contribution in [0, 0.1) is 0 Å². The molecular weight excluding hydrogens is 398 g/mol. The van der Waals surface area contributed by atoms with Crippen LogP contribution in [0.2, 0.25) is 0 Å². The first-order valence-electron chi connectivity index (χ1n) is 9.43. The summed E-state index contributed by atoms with van der Waals surface area (Å²) in [6.07, 6.45) is -1.56. The van der Waals surface area contributed by atoms with Crippen LogP contribution in [0.15, 0.2) is 12.1 Å². The van der Waals surface area contributed by atoms with Crippen molar-refractivity contribution in [3.63, 3.8) is 0 Å². The number of carbonyl (C=O) groups is 3. The Labute approximate surface area is 175 Å². The second-order valence-electron chi connectivity index (χ2n) is 8.45. The summed E-state index contributed by atoms with van der Waals surface area (Å²) in [5, 5.41) is 21.6. The van der Waals surface area contributed by atoms with Crippen LogP contribution in [-0.2, 0) is 14.3 Å². The van der Waals surface area contributed by atoms with Gasteiger partial charge < -0.3 is 34.7 Å². The van der Waals surface area contributed by atoms with Crippen LogP contribution in [0.25, 0.3) is 0 Å². The van der Waals surface area contributed by atoms with E-state index in [1.807, 2.05) is 0 Å². The Bertz CT molecular complexity index is 726. The van der Waals surface area contributed by atoms with Gasteiger partial charge in [-0.25, -0.2) is 14.4 Å². The first kappa shape index (κ1) is 24.9. The molecule has 0 fully saturated rings. The molecule has 0 saturated heterocycles. The van der Waals surface area contributed by atoms with Crippen molar-refractivity contribution in [1.29, 1.82) is 0 Å². The third-order valence-electron chi connectivity index (χ3n) is 3.28. The third kappa shape index (κ3) is 9.39. The molecule has 0 bridgehead atoms. The lowest BCUT2D eigenvalue weighted by molar-refractivity contribution is -0.145. The zero-order valence-electron chi connectivity index (χ0n) is 18.2. The molecule has 1 aromatic heterocycles. The van der Waals surface area contributed by atoms with E-state index < -0.39 is 41.1 Å². The highest BCUT2D eigenvalue weighted by atomic mass is 16.7. The Hall–Kier alpha value is -3.11. The zero-order valence-corrected chi connectivity index (χ0v) is 18.2. The molecule has 0 aromatic carbocycles. The minimum absolute atomic E-state index is 0.0570. The van der Waals surface area contributed by atoms with E-state index in [4.69, 9.17) is 14.3 Å². The first-order valence-corrected chi connectivity index (χ1v) is 9.43. The normalized spacial score (nSPS) is 11.5. The second-order valence-corrected chi connectivity index (χ2v) is 8.45. The SMILES string of the molecule is CC(C)(C)OC(=O)NCCN(CCC(=O)On1c(O)ccc1O)C(=O)OC(C)(C)C. The van der Waals surface area contributed by atoms with Crippen molar-refractivity contribution in [1.82, 2.24) is 14.9 Å². The van der Waals surface area contributed by atoms with Crippen LogP contribution in [0.4, 0.5) is 9.59 Å². The number of alkyl carbamates (subject to hydrolysis) is 1. The Morgan fingerprint density at radius 3 is 2.00 bits per heavy atom. The smallest absolute Gasteiger partial charge is 0.410 e. The Morgan fingerprint density at radius 2 is 1.50 bits per heavy atom. The lowest BCUT2D eigenvalue weighted by Gasteiger charge is -2.27. The van der Waals surface area contributed by atoms with Gasteiger partial charge in [0, 0.05) is 31.8 Å². The number of amides is 2. The van der Waals surface area contributed by atoms with Crippen molar-refractivity contribution in [3.05, 3.63) is 12.1 Å². The summed E-state index contributed by atoms with van der Waals surface area (Å²) in [6, 6.07) is 2.30. The van der Waals surface area contributed by atoms with Crippen LogP contribution >= 0.6 is 0 Å². The highest BCUT2D eigenvalue weighted by Gasteiger charge is 2.24. The standard InChI is InChI=1S/C19H31N3O8/c1-18(2,3)28-16(26)20-10-12-21(17(27)29-19(4,5)6)11-9-15(25)30-22-13(23)7-8-14(22)24/h7-8,23-24H,9-12H2,1-6H3,(H,20,26). The van der Waals surface area contributed by atoms with Crippen LogP contribution in [-0.4, -0.2) is 68.8 Å². The van der Waals surface area contributed by atoms with Gasteiger partial charge in [-0.1, -0.05) is 0 Å². The van der Waals surface area contributed by atoms with Gasteiger partial charge in [-0.15, -0.1) is 4.73 Å². The second kappa shape index (κ2) is 10.1. The van der Waals surface area contributed by atoms with E-state index in [0.29, 0.717) is 4.73 Å². The molecule has 1 heterocycles. The zero-order chi connectivity index (χ0) is 23.1. The number of nitrogens with zero attached hydrogens (tertiary/aromatic N) is 2. The van der Waals surface area contributed by atoms with Gasteiger partial charge in [0.05, 0.1) is 6.42 Å². The summed E-state index contributed by atoms with van der Waals surface area (Å²) in [7, 11) is 0. The van der Waals surface area contributed by atoms with Crippen LogP contribution in [0.3, 0.4) is 0 Å². The summed E-state index contributed by atoms with van der Waals surface area (Å²) < 4.78 is 11.0. The van der Waals surface area contributed by atoms with E-state index in [1.54, 1.807) is 41.5 Å². The van der Waals surface area contributed by atoms with E-state index in [-0.39, 0.29) is 26.1 Å². The molecule has 0 aliphatic heterocycles. The molecule has 3 N–H and O–H groups in total. The maximum Gasteiger partial charge on any atom is 0.410 e. The molecule has 170 valence electrons. The third-order valence-corrected chi connectivity index (χ3v) is 3.28. The summed E-state index contributed by atoms with van der Waals surface area (Å²) in [5.41, 5.74) is -1.41. The van der Waals surface area contributed by atoms with E-state index in [0.717, 1.165) is 12.1 Å². The van der Waals surface area contributed by atoms with Crippen molar-refractivity contribution in [2.75, 3.05) is 19.6 Å². The summed E-state index contributed by atoms with van der Waals surface area (Å²) in [4.78, 5) is 42.3. The molecular formula is C19H31N3O8. The van der Waals surface area contributed by atoms with Crippen molar-refractivity contribution in [2.45, 2.75) is 59.2 Å². The van der Waals surface area contributed by atoms with Crippen molar-refractivity contribution >= 4 is 18.2 Å². The lowest BCUT2D eigenvalue weighted by atomic mass is 10.2. The van der Waals surface area contributed by atoms with Crippen molar-refractivity contribution in [3.8, 4) is 11.8 Å². The van der Waals surface area contributed by atoms with Crippen LogP contribution in [0.1, 0.15) is 48.0 Å². The first-order chi connectivity index (χ1) is 13.7. The predicted octanol–water partition coefficient (Wildman–Crippen LogP) is 2.01. The monoisotopic (exact) mass is 429 g/mol. The Morgan fingerprint density at radius 1 is 0.967 bits per heavy atom. The molecule has 1 rings (SSSR count). The maximum atomic E-state index is 12.4. The number of hydrogen-bond donors (Lipinski definition) is 3. The van der Waals surface area contributed by atoms with Crippen molar-refractivity contribution < 1.29 is 38.9 Å². The molecule has 30 heavy (non-hydrogen) atoms. The molecule has 0 aliphatic carbocycles. The van der Waals surface area contributed by atoms with Gasteiger partial charge in [0.25, 0.3) is 0 Å². The average Bonchev–Trinajstić information content (AvgIpc) is 2.86. The number of aromatic nitrogens is 1. The number of ether oxygens (including phenoxy) is 2. The molecule has 0 radical (unpaired) electrons. The van der Waals surface area contributed by atoms with Gasteiger partial charge in [0.2, 0.25) is 11.8 Å². The van der Waals surface area contributed by atoms with E-state index in [1.165, 1.54) is 4.90 Å². The van der Waals surface area contributed by atoms with Gasteiger partial charge in [0.15, 0.2) is 0 Å². The fourth-order valence-corrected chi connectivity index (χ4v) is 2.10. The van der Waals surface area contributed by atoms with Crippen LogP contribution in [0.5, 0.6) is 11.8 Å². The summed E-state index contributed by atoms with van der Waals surface area (Å²) >= 11 is 0. The van der Waals surface area contributed by atoms with E-state index in [9.17, 15) is 24.6 Å². The van der Waals surface area contributed by atoms with Gasteiger partial charge in [-0.05, 0) is 41.5 Å². The van der Waals surface area contributed by atoms with E-state index >= 15 is 0 Å². The number of nitrogens with one attached hydrogen (secondary N) is 1.